The maximum atomic E-state index is 13.2. The van der Waals surface area contributed by atoms with Crippen molar-refractivity contribution in [3.63, 3.8) is 0 Å². The minimum absolute atomic E-state index is 0.206. The van der Waals surface area contributed by atoms with Gasteiger partial charge in [-0.15, -0.1) is 0 Å². The molecule has 0 spiro atoms. The second-order valence-electron chi connectivity index (χ2n) is 4.52. The van der Waals surface area contributed by atoms with E-state index in [9.17, 15) is 13.2 Å². The molecular weight excluding hydrogens is 303 g/mol. The fourth-order valence-corrected chi connectivity index (χ4v) is 3.84. The number of nitrogens with one attached hydrogen (secondary N) is 1. The van der Waals surface area contributed by atoms with Crippen molar-refractivity contribution in [2.75, 3.05) is 0 Å². The summed E-state index contributed by atoms with van der Waals surface area (Å²) in [5.41, 5.74) is 0.744. The second-order valence-corrected chi connectivity index (χ2v) is 6.03. The molecule has 0 saturated heterocycles. The molecule has 6 heteroatoms. The molecule has 0 radical (unpaired) electrons. The van der Waals surface area contributed by atoms with E-state index in [0.29, 0.717) is 23.4 Å². The Morgan fingerprint density at radius 2 is 1.90 bits per heavy atom. The van der Waals surface area contributed by atoms with Gasteiger partial charge < -0.3 is 5.32 Å². The summed E-state index contributed by atoms with van der Waals surface area (Å²) in [4.78, 5) is 1.47. The van der Waals surface area contributed by atoms with E-state index in [1.807, 2.05) is 12.2 Å². The van der Waals surface area contributed by atoms with Crippen LogP contribution in [0.1, 0.15) is 24.0 Å². The molecule has 0 saturated carbocycles. The Kier molecular flexibility index (Phi) is 3.38. The molecule has 1 heterocycles. The fourth-order valence-electron chi connectivity index (χ4n) is 2.23. The molecule has 0 bridgehead atoms. The normalized spacial score (nSPS) is 18.2. The molecule has 0 fully saturated rings. The summed E-state index contributed by atoms with van der Waals surface area (Å²) < 4.78 is 39.5. The van der Waals surface area contributed by atoms with Crippen LogP contribution in [0.2, 0.25) is 0 Å². The molecule has 0 aromatic heterocycles. The summed E-state index contributed by atoms with van der Waals surface area (Å²) in [6.45, 7) is 0. The number of thioether (sulfide) groups is 1. The predicted molar refractivity (Wildman–Crippen MR) is 77.5 cm³/mol. The minimum atomic E-state index is -4.37. The molecule has 1 N–H and O–H groups in total. The maximum Gasteiger partial charge on any atom is 0.417 e. The Bertz CT molecular complexity index is 644. The van der Waals surface area contributed by atoms with Gasteiger partial charge in [0, 0.05) is 27.5 Å². The topological polar surface area (TPSA) is 12.0 Å². The van der Waals surface area contributed by atoms with Gasteiger partial charge >= 0.3 is 6.18 Å². The van der Waals surface area contributed by atoms with Crippen molar-refractivity contribution in [2.24, 2.45) is 0 Å². The molecular formula is C14H10F3NS2. The largest absolute Gasteiger partial charge is 0.417 e. The Labute approximate surface area is 123 Å². The van der Waals surface area contributed by atoms with E-state index in [1.54, 1.807) is 6.07 Å². The Hall–Kier alpha value is -1.27. The van der Waals surface area contributed by atoms with Crippen LogP contribution in [0.4, 0.5) is 13.2 Å². The molecule has 1 nitrogen and oxygen atoms in total. The van der Waals surface area contributed by atoms with Crippen LogP contribution in [0.3, 0.4) is 0 Å². The Morgan fingerprint density at radius 1 is 1.15 bits per heavy atom. The van der Waals surface area contributed by atoms with Gasteiger partial charge in [0.15, 0.2) is 0 Å². The van der Waals surface area contributed by atoms with Gasteiger partial charge in [0.1, 0.15) is 4.99 Å². The van der Waals surface area contributed by atoms with Gasteiger partial charge in [0.25, 0.3) is 0 Å². The highest BCUT2D eigenvalue weighted by Gasteiger charge is 2.36. The number of hydrogen-bond donors (Lipinski definition) is 1. The van der Waals surface area contributed by atoms with E-state index < -0.39 is 11.7 Å². The van der Waals surface area contributed by atoms with Crippen LogP contribution in [-0.2, 0) is 6.18 Å². The van der Waals surface area contributed by atoms with Crippen molar-refractivity contribution in [2.45, 2.75) is 23.9 Å². The van der Waals surface area contributed by atoms with Crippen molar-refractivity contribution in [1.29, 1.82) is 0 Å². The first-order chi connectivity index (χ1) is 9.47. The van der Waals surface area contributed by atoms with Crippen LogP contribution in [0.5, 0.6) is 0 Å². The van der Waals surface area contributed by atoms with Crippen molar-refractivity contribution in [3.8, 4) is 0 Å². The smallest absolute Gasteiger partial charge is 0.349 e. The third-order valence-electron chi connectivity index (χ3n) is 3.18. The average Bonchev–Trinajstić information content (AvgIpc) is 2.53. The van der Waals surface area contributed by atoms with Crippen molar-refractivity contribution < 1.29 is 13.2 Å². The molecule has 2 aliphatic rings. The lowest BCUT2D eigenvalue weighted by Gasteiger charge is -2.15. The molecule has 1 aromatic carbocycles. The lowest BCUT2D eigenvalue weighted by Crippen LogP contribution is -2.22. The third kappa shape index (κ3) is 2.38. The first-order valence-corrected chi connectivity index (χ1v) is 7.26. The number of thiocarbonyl (C=S) groups is 1. The highest BCUT2D eigenvalue weighted by atomic mass is 32.2. The van der Waals surface area contributed by atoms with Crippen LogP contribution in [0.25, 0.3) is 0 Å². The third-order valence-corrected chi connectivity index (χ3v) is 4.81. The standard InChI is InChI=1S/C14H10F3NS2/c15-14(16,17)9-5-3-4-8-12(9)20-11-7-2-1-6-10(11)18-13(8)19/h1-5H,6-7H2,(H,18,19). The van der Waals surface area contributed by atoms with Crippen LogP contribution < -0.4 is 5.32 Å². The first-order valence-electron chi connectivity index (χ1n) is 6.03. The lowest BCUT2D eigenvalue weighted by atomic mass is 10.1. The van der Waals surface area contributed by atoms with Gasteiger partial charge in [-0.2, -0.15) is 13.2 Å². The highest BCUT2D eigenvalue weighted by molar-refractivity contribution is 8.03. The average molecular weight is 313 g/mol. The fraction of sp³-hybridized carbons (Fsp3) is 0.214. The van der Waals surface area contributed by atoms with Gasteiger partial charge in [0.2, 0.25) is 0 Å². The van der Waals surface area contributed by atoms with Crippen molar-refractivity contribution in [3.05, 3.63) is 52.1 Å². The van der Waals surface area contributed by atoms with Gasteiger partial charge in [-0.1, -0.05) is 48.3 Å². The molecule has 104 valence electrons. The first kappa shape index (κ1) is 13.7. The number of fused-ring (bicyclic) bond motifs is 1. The molecule has 1 aliphatic heterocycles. The van der Waals surface area contributed by atoms with Gasteiger partial charge in [-0.25, -0.2) is 0 Å². The summed E-state index contributed by atoms with van der Waals surface area (Å²) >= 11 is 6.43. The van der Waals surface area contributed by atoms with Crippen LogP contribution in [-0.4, -0.2) is 4.99 Å². The molecule has 1 aliphatic carbocycles. The number of halogens is 3. The number of alkyl halides is 3. The highest BCUT2D eigenvalue weighted by Crippen LogP contribution is 2.45. The van der Waals surface area contributed by atoms with Crippen LogP contribution in [0.15, 0.2) is 45.8 Å². The number of hydrogen-bond acceptors (Lipinski definition) is 2. The van der Waals surface area contributed by atoms with Gasteiger partial charge in [-0.3, -0.25) is 0 Å². The maximum absolute atomic E-state index is 13.2. The van der Waals surface area contributed by atoms with Gasteiger partial charge in [0.05, 0.1) is 5.56 Å². The molecule has 0 atom stereocenters. The van der Waals surface area contributed by atoms with Crippen LogP contribution in [0, 0.1) is 0 Å². The molecule has 3 rings (SSSR count). The number of allylic oxidation sites excluding steroid dienone is 3. The SMILES string of the molecule is FC(F)(F)c1cccc2c1SC1=C(CC=CC1)NC2=S. The lowest BCUT2D eigenvalue weighted by molar-refractivity contribution is -0.139. The van der Waals surface area contributed by atoms with E-state index in [-0.39, 0.29) is 4.90 Å². The summed E-state index contributed by atoms with van der Waals surface area (Å²) in [5.74, 6) is 0. The van der Waals surface area contributed by atoms with Gasteiger partial charge in [-0.05, 0) is 12.5 Å². The number of benzene rings is 1. The number of rotatable bonds is 0. The Morgan fingerprint density at radius 3 is 2.65 bits per heavy atom. The van der Waals surface area contributed by atoms with Crippen molar-refractivity contribution >= 4 is 29.0 Å². The van der Waals surface area contributed by atoms with Crippen molar-refractivity contribution in [1.82, 2.24) is 5.32 Å². The zero-order valence-electron chi connectivity index (χ0n) is 10.3. The monoisotopic (exact) mass is 313 g/mol. The van der Waals surface area contributed by atoms with E-state index in [0.717, 1.165) is 16.7 Å². The molecule has 0 amide bonds. The zero-order chi connectivity index (χ0) is 14.3. The van der Waals surface area contributed by atoms with E-state index >= 15 is 0 Å². The molecule has 1 aromatic rings. The minimum Gasteiger partial charge on any atom is -0.349 e. The molecule has 0 unspecified atom stereocenters. The summed E-state index contributed by atoms with van der Waals surface area (Å²) in [6.07, 6.45) is 0.913. The second kappa shape index (κ2) is 4.93. The predicted octanol–water partition coefficient (Wildman–Crippen LogP) is 4.64. The van der Waals surface area contributed by atoms with E-state index in [4.69, 9.17) is 12.2 Å². The van der Waals surface area contributed by atoms with E-state index in [2.05, 4.69) is 5.32 Å². The summed E-state index contributed by atoms with van der Waals surface area (Å²) in [6, 6.07) is 4.15. The zero-order valence-corrected chi connectivity index (χ0v) is 11.9. The van der Waals surface area contributed by atoms with Crippen LogP contribution >= 0.6 is 24.0 Å². The van der Waals surface area contributed by atoms with E-state index in [1.165, 1.54) is 17.8 Å². The molecule has 20 heavy (non-hydrogen) atoms. The Balaban J connectivity index is 2.15. The summed E-state index contributed by atoms with van der Waals surface area (Å²) in [7, 11) is 0. The summed E-state index contributed by atoms with van der Waals surface area (Å²) in [5, 5.41) is 3.09. The quantitative estimate of drug-likeness (QED) is 0.553.